The Morgan fingerprint density at radius 2 is 2.07 bits per heavy atom. The number of H-pyrrole nitrogens is 1. The number of aliphatic hydroxyl groups excluding tert-OH is 1. The SMILES string of the molecule is Cc1cn([C@@H]2CN(C(=O)CCNC(=O)c3cncc(O)c3)C[C@H]2O)c(=O)[nH]c1=O. The van der Waals surface area contributed by atoms with Crippen LogP contribution in [0.5, 0.6) is 5.75 Å². The van der Waals surface area contributed by atoms with E-state index in [4.69, 9.17) is 0 Å². The normalized spacial score (nSPS) is 18.6. The van der Waals surface area contributed by atoms with Crippen LogP contribution in [0.3, 0.4) is 0 Å². The van der Waals surface area contributed by atoms with E-state index in [1.807, 2.05) is 0 Å². The van der Waals surface area contributed by atoms with Crippen LogP contribution in [0, 0.1) is 6.92 Å². The van der Waals surface area contributed by atoms with E-state index < -0.39 is 29.3 Å². The summed E-state index contributed by atoms with van der Waals surface area (Å²) in [5, 5.41) is 22.2. The third kappa shape index (κ3) is 4.51. The fourth-order valence-corrected chi connectivity index (χ4v) is 3.17. The Balaban J connectivity index is 1.57. The second-order valence-corrected chi connectivity index (χ2v) is 6.85. The number of aliphatic hydroxyl groups is 1. The number of hydrogen-bond acceptors (Lipinski definition) is 7. The van der Waals surface area contributed by atoms with Gasteiger partial charge in [-0.3, -0.25) is 28.9 Å². The molecule has 2 atom stereocenters. The standard InChI is InChI=1S/C18H21N5O6/c1-10-7-23(18(29)21-16(10)27)13-8-22(9-14(13)25)15(26)2-3-20-17(28)11-4-12(24)6-19-5-11/h4-7,13-14,24-25H,2-3,8-9H2,1H3,(H,20,28)(H,21,27,29)/t13-,14-/m1/s1. The molecule has 0 unspecified atom stereocenters. The zero-order valence-corrected chi connectivity index (χ0v) is 15.7. The summed E-state index contributed by atoms with van der Waals surface area (Å²) in [5.74, 6) is -0.913. The predicted molar refractivity (Wildman–Crippen MR) is 101 cm³/mol. The first-order valence-electron chi connectivity index (χ1n) is 8.96. The van der Waals surface area contributed by atoms with E-state index >= 15 is 0 Å². The van der Waals surface area contributed by atoms with Crippen molar-refractivity contribution in [3.05, 3.63) is 56.6 Å². The largest absolute Gasteiger partial charge is 0.506 e. The van der Waals surface area contributed by atoms with E-state index in [1.165, 1.54) is 34.1 Å². The number of amides is 2. The van der Waals surface area contributed by atoms with Crippen molar-refractivity contribution in [2.45, 2.75) is 25.5 Å². The quantitative estimate of drug-likeness (QED) is 0.473. The number of β-amino-alcohol motifs (C(OH)–C–C–N with tert-alkyl or cyclic N) is 1. The summed E-state index contributed by atoms with van der Waals surface area (Å²) in [6.45, 7) is 1.75. The van der Waals surface area contributed by atoms with Crippen LogP contribution < -0.4 is 16.6 Å². The molecule has 29 heavy (non-hydrogen) atoms. The molecule has 154 valence electrons. The van der Waals surface area contributed by atoms with Crippen LogP contribution in [-0.2, 0) is 4.79 Å². The molecule has 2 amide bonds. The highest BCUT2D eigenvalue weighted by Gasteiger charge is 2.35. The van der Waals surface area contributed by atoms with Gasteiger partial charge in [-0.05, 0) is 13.0 Å². The summed E-state index contributed by atoms with van der Waals surface area (Å²) in [7, 11) is 0. The molecule has 2 aromatic rings. The second-order valence-electron chi connectivity index (χ2n) is 6.85. The number of nitrogens with one attached hydrogen (secondary N) is 2. The van der Waals surface area contributed by atoms with Gasteiger partial charge in [-0.2, -0.15) is 0 Å². The van der Waals surface area contributed by atoms with Gasteiger partial charge < -0.3 is 20.4 Å². The number of likely N-dealkylation sites (tertiary alicyclic amines) is 1. The first-order chi connectivity index (χ1) is 13.8. The van der Waals surface area contributed by atoms with E-state index in [1.54, 1.807) is 6.92 Å². The maximum Gasteiger partial charge on any atom is 0.328 e. The van der Waals surface area contributed by atoms with Gasteiger partial charge in [0.05, 0.1) is 23.9 Å². The highest BCUT2D eigenvalue weighted by atomic mass is 16.3. The number of carbonyl (C=O) groups is 2. The lowest BCUT2D eigenvalue weighted by atomic mass is 10.2. The molecule has 0 aliphatic carbocycles. The Hall–Kier alpha value is -3.47. The van der Waals surface area contributed by atoms with Crippen molar-refractivity contribution >= 4 is 11.8 Å². The van der Waals surface area contributed by atoms with Crippen LogP contribution in [0.15, 0.2) is 34.2 Å². The molecule has 1 fully saturated rings. The summed E-state index contributed by atoms with van der Waals surface area (Å²) in [4.78, 5) is 55.2. The number of carbonyl (C=O) groups excluding carboxylic acids is 2. The van der Waals surface area contributed by atoms with Crippen LogP contribution in [0.25, 0.3) is 0 Å². The number of aromatic nitrogens is 3. The summed E-state index contributed by atoms with van der Waals surface area (Å²) in [6, 6.07) is 0.588. The van der Waals surface area contributed by atoms with Crippen molar-refractivity contribution in [1.82, 2.24) is 24.8 Å². The summed E-state index contributed by atoms with van der Waals surface area (Å²) in [5.41, 5.74) is -0.650. The highest BCUT2D eigenvalue weighted by Crippen LogP contribution is 2.21. The molecule has 0 aromatic carbocycles. The fraction of sp³-hybridized carbons (Fsp3) is 0.389. The summed E-state index contributed by atoms with van der Waals surface area (Å²) >= 11 is 0. The molecule has 0 saturated carbocycles. The van der Waals surface area contributed by atoms with Gasteiger partial charge in [0.2, 0.25) is 5.91 Å². The van der Waals surface area contributed by atoms with E-state index in [0.717, 1.165) is 0 Å². The lowest BCUT2D eigenvalue weighted by molar-refractivity contribution is -0.130. The second kappa shape index (κ2) is 8.27. The van der Waals surface area contributed by atoms with Crippen LogP contribution in [0.4, 0.5) is 0 Å². The van der Waals surface area contributed by atoms with Gasteiger partial charge in [0.25, 0.3) is 11.5 Å². The zero-order valence-electron chi connectivity index (χ0n) is 15.7. The monoisotopic (exact) mass is 403 g/mol. The maximum atomic E-state index is 12.4. The molecule has 2 aromatic heterocycles. The summed E-state index contributed by atoms with van der Waals surface area (Å²) in [6.07, 6.45) is 2.89. The number of aromatic amines is 1. The molecule has 1 aliphatic rings. The van der Waals surface area contributed by atoms with Gasteiger partial charge in [-0.1, -0.05) is 0 Å². The molecule has 3 rings (SSSR count). The minimum atomic E-state index is -0.963. The van der Waals surface area contributed by atoms with E-state index in [-0.39, 0.29) is 43.3 Å². The third-order valence-electron chi connectivity index (χ3n) is 4.73. The van der Waals surface area contributed by atoms with Crippen LogP contribution in [0.2, 0.25) is 0 Å². The Labute approximate surface area is 164 Å². The van der Waals surface area contributed by atoms with Crippen LogP contribution in [-0.4, -0.2) is 67.2 Å². The fourth-order valence-electron chi connectivity index (χ4n) is 3.17. The number of pyridine rings is 1. The molecular formula is C18H21N5O6. The van der Waals surface area contributed by atoms with Gasteiger partial charge in [-0.15, -0.1) is 0 Å². The number of aromatic hydroxyl groups is 1. The number of nitrogens with zero attached hydrogens (tertiary/aromatic N) is 3. The van der Waals surface area contributed by atoms with Gasteiger partial charge in [0.15, 0.2) is 0 Å². The Bertz CT molecular complexity index is 1050. The highest BCUT2D eigenvalue weighted by molar-refractivity contribution is 5.94. The topological polar surface area (TPSA) is 158 Å². The van der Waals surface area contributed by atoms with Gasteiger partial charge in [-0.25, -0.2) is 4.79 Å². The third-order valence-corrected chi connectivity index (χ3v) is 4.73. The lowest BCUT2D eigenvalue weighted by Crippen LogP contribution is -2.37. The molecular weight excluding hydrogens is 382 g/mol. The average molecular weight is 403 g/mol. The Morgan fingerprint density at radius 1 is 1.31 bits per heavy atom. The van der Waals surface area contributed by atoms with Crippen LogP contribution >= 0.6 is 0 Å². The van der Waals surface area contributed by atoms with Gasteiger partial charge >= 0.3 is 5.69 Å². The smallest absolute Gasteiger partial charge is 0.328 e. The molecule has 1 aliphatic heterocycles. The van der Waals surface area contributed by atoms with Gasteiger partial charge in [0.1, 0.15) is 5.75 Å². The molecule has 4 N–H and O–H groups in total. The van der Waals surface area contributed by atoms with Crippen molar-refractivity contribution < 1.29 is 19.8 Å². The minimum Gasteiger partial charge on any atom is -0.506 e. The molecule has 0 spiro atoms. The number of aryl methyl sites for hydroxylation is 1. The first-order valence-corrected chi connectivity index (χ1v) is 8.96. The van der Waals surface area contributed by atoms with Crippen molar-refractivity contribution in [2.24, 2.45) is 0 Å². The summed E-state index contributed by atoms with van der Waals surface area (Å²) < 4.78 is 1.23. The predicted octanol–water partition coefficient (Wildman–Crippen LogP) is -1.49. The molecule has 11 heteroatoms. The Kier molecular flexibility index (Phi) is 5.78. The first kappa shape index (κ1) is 20.3. The van der Waals surface area contributed by atoms with E-state index in [0.29, 0.717) is 5.56 Å². The number of hydrogen-bond donors (Lipinski definition) is 4. The van der Waals surface area contributed by atoms with Crippen molar-refractivity contribution in [2.75, 3.05) is 19.6 Å². The number of rotatable bonds is 5. The molecule has 1 saturated heterocycles. The van der Waals surface area contributed by atoms with Crippen LogP contribution in [0.1, 0.15) is 28.4 Å². The molecule has 0 bridgehead atoms. The van der Waals surface area contributed by atoms with E-state index in [2.05, 4.69) is 15.3 Å². The van der Waals surface area contributed by atoms with Crippen molar-refractivity contribution in [3.63, 3.8) is 0 Å². The van der Waals surface area contributed by atoms with E-state index in [9.17, 15) is 29.4 Å². The van der Waals surface area contributed by atoms with Crippen molar-refractivity contribution in [3.8, 4) is 5.75 Å². The van der Waals surface area contributed by atoms with Gasteiger partial charge in [0, 0.05) is 44.0 Å². The maximum absolute atomic E-state index is 12.4. The lowest BCUT2D eigenvalue weighted by Gasteiger charge is -2.18. The zero-order chi connectivity index (χ0) is 21.1. The molecule has 3 heterocycles. The van der Waals surface area contributed by atoms with Crippen molar-refractivity contribution in [1.29, 1.82) is 0 Å². The molecule has 0 radical (unpaired) electrons. The minimum absolute atomic E-state index is 0.00300. The average Bonchev–Trinajstić information content (AvgIpc) is 3.06. The molecule has 11 nitrogen and oxygen atoms in total. The Morgan fingerprint density at radius 3 is 2.79 bits per heavy atom.